The molecule has 0 atom stereocenters. The highest BCUT2D eigenvalue weighted by Gasteiger charge is 2.22. The Morgan fingerprint density at radius 3 is 2.70 bits per heavy atom. The van der Waals surface area contributed by atoms with E-state index in [0.29, 0.717) is 0 Å². The fourth-order valence-electron chi connectivity index (χ4n) is 1.71. The van der Waals surface area contributed by atoms with E-state index in [1.54, 1.807) is 13.8 Å². The number of hydrogen-bond donors (Lipinski definition) is 3. The predicted molar refractivity (Wildman–Crippen MR) is 72.3 cm³/mol. The summed E-state index contributed by atoms with van der Waals surface area (Å²) in [6.07, 6.45) is 0.177. The van der Waals surface area contributed by atoms with E-state index in [1.165, 1.54) is 4.90 Å². The molecular weight excluding hydrogens is 265 g/mol. The number of nitrogens with two attached hydrogens (primary N) is 1. The summed E-state index contributed by atoms with van der Waals surface area (Å²) in [4.78, 5) is 13.7. The maximum Gasteiger partial charge on any atom is 0.257 e. The van der Waals surface area contributed by atoms with Crippen LogP contribution >= 0.6 is 0 Å². The maximum absolute atomic E-state index is 13.2. The lowest BCUT2D eigenvalue weighted by atomic mass is 10.1. The zero-order valence-corrected chi connectivity index (χ0v) is 11.4. The number of phenolic OH excluding ortho intramolecular Hbond substituents is 1. The van der Waals surface area contributed by atoms with Gasteiger partial charge in [-0.3, -0.25) is 4.79 Å². The summed E-state index contributed by atoms with van der Waals surface area (Å²) in [5, 5.41) is 21.0. The number of phenols is 1. The number of carbonyl (C=O) groups is 1. The van der Waals surface area contributed by atoms with E-state index in [4.69, 9.17) is 10.9 Å². The molecule has 0 aliphatic rings. The van der Waals surface area contributed by atoms with Gasteiger partial charge in [0.25, 0.3) is 5.91 Å². The third-order valence-corrected chi connectivity index (χ3v) is 2.81. The number of halogens is 1. The minimum Gasteiger partial charge on any atom is -0.507 e. The van der Waals surface area contributed by atoms with Gasteiger partial charge in [-0.25, -0.2) is 4.39 Å². The molecule has 20 heavy (non-hydrogen) atoms. The van der Waals surface area contributed by atoms with E-state index in [9.17, 15) is 14.3 Å². The van der Waals surface area contributed by atoms with Crippen molar-refractivity contribution >= 4 is 11.7 Å². The molecule has 7 heteroatoms. The topological polar surface area (TPSA) is 99.1 Å². The smallest absolute Gasteiger partial charge is 0.257 e. The fraction of sp³-hybridized carbons (Fsp3) is 0.385. The van der Waals surface area contributed by atoms with Crippen LogP contribution in [0.2, 0.25) is 0 Å². The zero-order valence-electron chi connectivity index (χ0n) is 11.4. The zero-order chi connectivity index (χ0) is 15.3. The average molecular weight is 283 g/mol. The van der Waals surface area contributed by atoms with Crippen LogP contribution in [0.25, 0.3) is 0 Å². The van der Waals surface area contributed by atoms with Gasteiger partial charge < -0.3 is 20.9 Å². The third kappa shape index (κ3) is 3.84. The summed E-state index contributed by atoms with van der Waals surface area (Å²) < 4.78 is 13.2. The van der Waals surface area contributed by atoms with Crippen molar-refractivity contribution in [3.05, 3.63) is 29.6 Å². The number of hydrogen-bond acceptors (Lipinski definition) is 4. The number of oxime groups is 1. The summed E-state index contributed by atoms with van der Waals surface area (Å²) in [7, 11) is 0. The van der Waals surface area contributed by atoms with Crippen molar-refractivity contribution < 1.29 is 19.5 Å². The van der Waals surface area contributed by atoms with Crippen molar-refractivity contribution in [1.29, 1.82) is 0 Å². The van der Waals surface area contributed by atoms with Crippen LogP contribution in [0.3, 0.4) is 0 Å². The number of aromatic hydroxyl groups is 1. The molecule has 0 heterocycles. The molecule has 0 aromatic heterocycles. The van der Waals surface area contributed by atoms with Crippen molar-refractivity contribution in [3.63, 3.8) is 0 Å². The highest BCUT2D eigenvalue weighted by molar-refractivity contribution is 5.97. The number of carbonyl (C=O) groups excluding carboxylic acids is 1. The lowest BCUT2D eigenvalue weighted by Gasteiger charge is -2.27. The first-order chi connectivity index (χ1) is 9.36. The van der Waals surface area contributed by atoms with Crippen LogP contribution in [0.5, 0.6) is 5.75 Å². The van der Waals surface area contributed by atoms with Gasteiger partial charge in [-0.1, -0.05) is 5.16 Å². The standard InChI is InChI=1S/C13H18FN3O3/c1-8(2)17(6-5-12(15)16-20)13(19)10-7-9(14)3-4-11(10)18/h3-4,7-8,18,20H,5-6H2,1-2H3,(H2,15,16). The van der Waals surface area contributed by atoms with Crippen molar-refractivity contribution in [1.82, 2.24) is 4.90 Å². The number of benzene rings is 1. The summed E-state index contributed by atoms with van der Waals surface area (Å²) in [5.74, 6) is -1.41. The molecule has 1 amide bonds. The van der Waals surface area contributed by atoms with Gasteiger partial charge in [0.1, 0.15) is 17.4 Å². The van der Waals surface area contributed by atoms with Crippen LogP contribution in [0.1, 0.15) is 30.6 Å². The molecule has 1 aromatic rings. The van der Waals surface area contributed by atoms with E-state index in [-0.39, 0.29) is 36.2 Å². The first-order valence-corrected chi connectivity index (χ1v) is 6.12. The highest BCUT2D eigenvalue weighted by Crippen LogP contribution is 2.21. The molecule has 0 saturated heterocycles. The Kier molecular flexibility index (Phi) is 5.31. The molecule has 0 aliphatic carbocycles. The molecule has 110 valence electrons. The third-order valence-electron chi connectivity index (χ3n) is 2.81. The van der Waals surface area contributed by atoms with Gasteiger partial charge in [-0.15, -0.1) is 0 Å². The van der Waals surface area contributed by atoms with E-state index in [2.05, 4.69) is 5.16 Å². The maximum atomic E-state index is 13.2. The molecule has 1 aromatic carbocycles. The average Bonchev–Trinajstić information content (AvgIpc) is 2.40. The Morgan fingerprint density at radius 1 is 1.50 bits per heavy atom. The monoisotopic (exact) mass is 283 g/mol. The van der Waals surface area contributed by atoms with Gasteiger partial charge in [0, 0.05) is 19.0 Å². The fourth-order valence-corrected chi connectivity index (χ4v) is 1.71. The minimum absolute atomic E-state index is 0.00749. The second-order valence-corrected chi connectivity index (χ2v) is 4.60. The van der Waals surface area contributed by atoms with E-state index in [0.717, 1.165) is 18.2 Å². The molecule has 1 rings (SSSR count). The Balaban J connectivity index is 2.97. The molecule has 0 radical (unpaired) electrons. The van der Waals surface area contributed by atoms with E-state index < -0.39 is 11.7 Å². The first kappa shape index (κ1) is 15.7. The summed E-state index contributed by atoms with van der Waals surface area (Å²) in [6, 6.07) is 3.00. The molecule has 0 bridgehead atoms. The van der Waals surface area contributed by atoms with Gasteiger partial charge in [0.05, 0.1) is 5.56 Å². The van der Waals surface area contributed by atoms with Crippen molar-refractivity contribution in [2.45, 2.75) is 26.3 Å². The van der Waals surface area contributed by atoms with Gasteiger partial charge >= 0.3 is 0 Å². The Hall–Kier alpha value is -2.31. The van der Waals surface area contributed by atoms with Crippen LogP contribution in [0, 0.1) is 5.82 Å². The summed E-state index contributed by atoms with van der Waals surface area (Å²) >= 11 is 0. The van der Waals surface area contributed by atoms with Gasteiger partial charge in [-0.05, 0) is 32.0 Å². The van der Waals surface area contributed by atoms with Gasteiger partial charge in [0.2, 0.25) is 0 Å². The van der Waals surface area contributed by atoms with Crippen LogP contribution in [0.4, 0.5) is 4.39 Å². The Labute approximate surface area is 116 Å². The number of nitrogens with zero attached hydrogens (tertiary/aromatic N) is 2. The molecule has 0 fully saturated rings. The Bertz CT molecular complexity index is 518. The van der Waals surface area contributed by atoms with Crippen LogP contribution < -0.4 is 5.73 Å². The van der Waals surface area contributed by atoms with Crippen molar-refractivity contribution in [2.24, 2.45) is 10.9 Å². The van der Waals surface area contributed by atoms with E-state index in [1.807, 2.05) is 0 Å². The van der Waals surface area contributed by atoms with Crippen molar-refractivity contribution in [2.75, 3.05) is 6.54 Å². The van der Waals surface area contributed by atoms with Crippen LogP contribution in [-0.4, -0.2) is 39.5 Å². The molecule has 4 N–H and O–H groups in total. The number of amidine groups is 1. The summed E-state index contributed by atoms with van der Waals surface area (Å²) in [6.45, 7) is 3.75. The molecule has 0 aliphatic heterocycles. The number of amides is 1. The first-order valence-electron chi connectivity index (χ1n) is 6.12. The molecule has 0 saturated carbocycles. The van der Waals surface area contributed by atoms with E-state index >= 15 is 0 Å². The summed E-state index contributed by atoms with van der Waals surface area (Å²) in [5.41, 5.74) is 5.25. The number of rotatable bonds is 5. The highest BCUT2D eigenvalue weighted by atomic mass is 19.1. The predicted octanol–water partition coefficient (Wildman–Crippen LogP) is 1.52. The second kappa shape index (κ2) is 6.74. The SMILES string of the molecule is CC(C)N(CC/C(N)=N/O)C(=O)c1cc(F)ccc1O. The minimum atomic E-state index is -0.605. The quantitative estimate of drug-likeness (QED) is 0.330. The lowest BCUT2D eigenvalue weighted by Crippen LogP contribution is -2.39. The normalized spacial score (nSPS) is 11.7. The lowest BCUT2D eigenvalue weighted by molar-refractivity contribution is 0.0707. The van der Waals surface area contributed by atoms with Crippen LogP contribution in [-0.2, 0) is 0 Å². The largest absolute Gasteiger partial charge is 0.507 e. The van der Waals surface area contributed by atoms with Crippen molar-refractivity contribution in [3.8, 4) is 5.75 Å². The molecule has 6 nitrogen and oxygen atoms in total. The second-order valence-electron chi connectivity index (χ2n) is 4.60. The van der Waals surface area contributed by atoms with Gasteiger partial charge in [-0.2, -0.15) is 0 Å². The van der Waals surface area contributed by atoms with Crippen LogP contribution in [0.15, 0.2) is 23.4 Å². The van der Waals surface area contributed by atoms with Gasteiger partial charge in [0.15, 0.2) is 0 Å². The molecule has 0 unspecified atom stereocenters. The Morgan fingerprint density at radius 2 is 2.15 bits per heavy atom. The molecular formula is C13H18FN3O3. The molecule has 0 spiro atoms.